The van der Waals surface area contributed by atoms with Crippen LogP contribution in [0, 0.1) is 11.8 Å². The maximum atomic E-state index is 12.6. The molecule has 1 aliphatic rings. The quantitative estimate of drug-likeness (QED) is 0.832. The van der Waals surface area contributed by atoms with Gasteiger partial charge in [0.1, 0.15) is 5.54 Å². The third-order valence-electron chi connectivity index (χ3n) is 4.50. The summed E-state index contributed by atoms with van der Waals surface area (Å²) in [6.45, 7) is 6.60. The predicted molar refractivity (Wildman–Crippen MR) is 86.6 cm³/mol. The fraction of sp³-hybridized carbons (Fsp3) is 0.588. The highest BCUT2D eigenvalue weighted by Gasteiger charge is 2.47. The second kappa shape index (κ2) is 6.69. The first-order valence-corrected chi connectivity index (χ1v) is 8.07. The van der Waals surface area contributed by atoms with E-state index in [1.165, 1.54) is 0 Å². The van der Waals surface area contributed by atoms with Crippen LogP contribution in [0.15, 0.2) is 24.3 Å². The number of rotatable bonds is 4. The summed E-state index contributed by atoms with van der Waals surface area (Å²) in [6.07, 6.45) is 2.80. The van der Waals surface area contributed by atoms with Crippen LogP contribution in [0.3, 0.4) is 0 Å². The molecule has 21 heavy (non-hydrogen) atoms. The molecule has 0 radical (unpaired) electrons. The molecular formula is C17H24ClNO2. The molecule has 116 valence electrons. The lowest BCUT2D eigenvalue weighted by molar-refractivity contribution is -0.152. The van der Waals surface area contributed by atoms with Crippen LogP contribution in [0.1, 0.15) is 40.0 Å². The molecule has 0 spiro atoms. The van der Waals surface area contributed by atoms with Crippen molar-refractivity contribution in [2.45, 2.75) is 45.6 Å². The van der Waals surface area contributed by atoms with Crippen molar-refractivity contribution in [2.24, 2.45) is 11.8 Å². The number of benzene rings is 1. The van der Waals surface area contributed by atoms with Gasteiger partial charge in [-0.15, -0.1) is 0 Å². The van der Waals surface area contributed by atoms with E-state index in [9.17, 15) is 4.79 Å². The summed E-state index contributed by atoms with van der Waals surface area (Å²) in [4.78, 5) is 12.6. The Morgan fingerprint density at radius 1 is 1.43 bits per heavy atom. The first kappa shape index (κ1) is 16.2. The van der Waals surface area contributed by atoms with E-state index in [0.29, 0.717) is 17.5 Å². The fourth-order valence-corrected chi connectivity index (χ4v) is 3.43. The third kappa shape index (κ3) is 3.34. The number of hydrogen-bond donors (Lipinski definition) is 1. The van der Waals surface area contributed by atoms with Gasteiger partial charge in [-0.2, -0.15) is 0 Å². The van der Waals surface area contributed by atoms with Crippen molar-refractivity contribution in [1.29, 1.82) is 0 Å². The van der Waals surface area contributed by atoms with Crippen LogP contribution in [0.5, 0.6) is 0 Å². The summed E-state index contributed by atoms with van der Waals surface area (Å²) in [5, 5.41) is 4.04. The molecule has 0 bridgehead atoms. The number of halogens is 1. The molecule has 1 N–H and O–H groups in total. The zero-order chi connectivity index (χ0) is 15.5. The minimum atomic E-state index is -0.673. The van der Waals surface area contributed by atoms with E-state index in [4.69, 9.17) is 16.3 Å². The smallest absolute Gasteiger partial charge is 0.332 e. The van der Waals surface area contributed by atoms with Crippen LogP contribution in [0.25, 0.3) is 0 Å². The molecule has 3 nitrogen and oxygen atoms in total. The summed E-state index contributed by atoms with van der Waals surface area (Å²) >= 11 is 6.25. The van der Waals surface area contributed by atoms with Gasteiger partial charge in [-0.25, -0.2) is 4.79 Å². The maximum Gasteiger partial charge on any atom is 0.332 e. The first-order valence-electron chi connectivity index (χ1n) is 7.69. The van der Waals surface area contributed by atoms with Crippen LogP contribution in [-0.4, -0.2) is 18.1 Å². The Bertz CT molecular complexity index is 505. The van der Waals surface area contributed by atoms with Gasteiger partial charge < -0.3 is 10.1 Å². The van der Waals surface area contributed by atoms with Crippen molar-refractivity contribution >= 4 is 23.3 Å². The van der Waals surface area contributed by atoms with E-state index >= 15 is 0 Å². The van der Waals surface area contributed by atoms with Crippen LogP contribution in [-0.2, 0) is 9.53 Å². The SMILES string of the molecule is CCOC(=O)C1(Nc2ccccc2Cl)CCC(C)CC1C. The van der Waals surface area contributed by atoms with Gasteiger partial charge in [-0.1, -0.05) is 37.6 Å². The average Bonchev–Trinajstić information content (AvgIpc) is 2.44. The highest BCUT2D eigenvalue weighted by Crippen LogP contribution is 2.41. The standard InChI is InChI=1S/C17H24ClNO2/c1-4-21-16(20)17(10-9-12(2)11-13(17)3)19-15-8-6-5-7-14(15)18/h5-8,12-13,19H,4,9-11H2,1-3H3. The summed E-state index contributed by atoms with van der Waals surface area (Å²) in [5.74, 6) is 0.677. The first-order chi connectivity index (χ1) is 9.99. The number of ether oxygens (including phenoxy) is 1. The van der Waals surface area contributed by atoms with Gasteiger partial charge in [0, 0.05) is 0 Å². The monoisotopic (exact) mass is 309 g/mol. The predicted octanol–water partition coefficient (Wildman–Crippen LogP) is 4.51. The zero-order valence-electron chi connectivity index (χ0n) is 13.0. The lowest BCUT2D eigenvalue weighted by Crippen LogP contribution is -2.55. The highest BCUT2D eigenvalue weighted by atomic mass is 35.5. The number of carbonyl (C=O) groups is 1. The number of nitrogens with one attached hydrogen (secondary N) is 1. The number of anilines is 1. The molecule has 3 unspecified atom stereocenters. The van der Waals surface area contributed by atoms with Crippen LogP contribution in [0.4, 0.5) is 5.69 Å². The molecule has 0 heterocycles. The minimum absolute atomic E-state index is 0.163. The topological polar surface area (TPSA) is 38.3 Å². The molecule has 1 fully saturated rings. The number of hydrogen-bond acceptors (Lipinski definition) is 3. The number of esters is 1. The minimum Gasteiger partial charge on any atom is -0.464 e. The molecule has 1 aliphatic carbocycles. The van der Waals surface area contributed by atoms with Gasteiger partial charge >= 0.3 is 5.97 Å². The van der Waals surface area contributed by atoms with E-state index in [1.807, 2.05) is 31.2 Å². The summed E-state index contributed by atoms with van der Waals surface area (Å²) in [7, 11) is 0. The van der Waals surface area contributed by atoms with Gasteiger partial charge in [-0.05, 0) is 50.2 Å². The molecule has 0 aliphatic heterocycles. The third-order valence-corrected chi connectivity index (χ3v) is 4.83. The Kier molecular flexibility index (Phi) is 5.15. The number of carbonyl (C=O) groups excluding carboxylic acids is 1. The summed E-state index contributed by atoms with van der Waals surface area (Å²) < 4.78 is 5.36. The van der Waals surface area contributed by atoms with Crippen LogP contribution >= 0.6 is 11.6 Å². The molecule has 0 aromatic heterocycles. The van der Waals surface area contributed by atoms with E-state index < -0.39 is 5.54 Å². The molecule has 0 saturated heterocycles. The maximum absolute atomic E-state index is 12.6. The molecule has 1 aromatic rings. The molecular weight excluding hydrogens is 286 g/mol. The normalized spacial score (nSPS) is 29.0. The Hall–Kier alpha value is -1.22. The van der Waals surface area contributed by atoms with Crippen LogP contribution < -0.4 is 5.32 Å². The van der Waals surface area contributed by atoms with Gasteiger partial charge in [0.2, 0.25) is 0 Å². The molecule has 4 heteroatoms. The van der Waals surface area contributed by atoms with Crippen molar-refractivity contribution in [1.82, 2.24) is 0 Å². The van der Waals surface area contributed by atoms with Gasteiger partial charge in [0.25, 0.3) is 0 Å². The molecule has 0 amide bonds. The second-order valence-corrected chi connectivity index (χ2v) is 6.48. The van der Waals surface area contributed by atoms with Crippen molar-refractivity contribution in [3.63, 3.8) is 0 Å². The van der Waals surface area contributed by atoms with E-state index in [0.717, 1.165) is 24.9 Å². The van der Waals surface area contributed by atoms with Crippen molar-refractivity contribution in [3.05, 3.63) is 29.3 Å². The van der Waals surface area contributed by atoms with Crippen molar-refractivity contribution in [2.75, 3.05) is 11.9 Å². The highest BCUT2D eigenvalue weighted by molar-refractivity contribution is 6.33. The lowest BCUT2D eigenvalue weighted by Gasteiger charge is -2.43. The Balaban J connectivity index is 2.32. The van der Waals surface area contributed by atoms with Crippen molar-refractivity contribution < 1.29 is 9.53 Å². The van der Waals surface area contributed by atoms with Gasteiger partial charge in [0.05, 0.1) is 17.3 Å². The Labute approximate surface area is 132 Å². The molecule has 3 atom stereocenters. The molecule has 1 aromatic carbocycles. The largest absolute Gasteiger partial charge is 0.464 e. The average molecular weight is 310 g/mol. The van der Waals surface area contributed by atoms with Crippen LogP contribution in [0.2, 0.25) is 5.02 Å². The van der Waals surface area contributed by atoms with E-state index in [1.54, 1.807) is 0 Å². The van der Waals surface area contributed by atoms with Gasteiger partial charge in [0.15, 0.2) is 0 Å². The fourth-order valence-electron chi connectivity index (χ4n) is 3.25. The summed E-state index contributed by atoms with van der Waals surface area (Å²) in [5.41, 5.74) is 0.127. The molecule has 1 saturated carbocycles. The molecule has 2 rings (SSSR count). The zero-order valence-corrected chi connectivity index (χ0v) is 13.7. The number of para-hydroxylation sites is 1. The van der Waals surface area contributed by atoms with Gasteiger partial charge in [-0.3, -0.25) is 0 Å². The van der Waals surface area contributed by atoms with E-state index in [2.05, 4.69) is 19.2 Å². The van der Waals surface area contributed by atoms with E-state index in [-0.39, 0.29) is 11.9 Å². The Morgan fingerprint density at radius 3 is 2.76 bits per heavy atom. The Morgan fingerprint density at radius 2 is 2.14 bits per heavy atom. The van der Waals surface area contributed by atoms with Crippen molar-refractivity contribution in [3.8, 4) is 0 Å². The second-order valence-electron chi connectivity index (χ2n) is 6.08. The summed E-state index contributed by atoms with van der Waals surface area (Å²) in [6, 6.07) is 7.55. The lowest BCUT2D eigenvalue weighted by atomic mass is 9.69.